The van der Waals surface area contributed by atoms with Crippen LogP contribution in [0.15, 0.2) is 42.5 Å². The largest absolute Gasteiger partial charge is 0.310 e. The van der Waals surface area contributed by atoms with Gasteiger partial charge in [0.2, 0.25) is 0 Å². The van der Waals surface area contributed by atoms with Gasteiger partial charge in [0, 0.05) is 17.6 Å². The molecule has 0 aliphatic rings. The molecule has 0 radical (unpaired) electrons. The summed E-state index contributed by atoms with van der Waals surface area (Å²) in [5, 5.41) is 3.78. The summed E-state index contributed by atoms with van der Waals surface area (Å²) in [7, 11) is 0. The van der Waals surface area contributed by atoms with Crippen LogP contribution in [0.1, 0.15) is 19.4 Å². The third-order valence-electron chi connectivity index (χ3n) is 2.86. The predicted molar refractivity (Wildman–Crippen MR) is 78.8 cm³/mol. The Balaban J connectivity index is 2.17. The normalized spacial score (nSPS) is 11.0. The highest BCUT2D eigenvalue weighted by molar-refractivity contribution is 6.30. The van der Waals surface area contributed by atoms with Crippen molar-refractivity contribution in [3.63, 3.8) is 0 Å². The van der Waals surface area contributed by atoms with Crippen LogP contribution >= 0.6 is 11.6 Å². The Bertz CT molecular complexity index is 529. The molecular formula is C16H17ClFN. The van der Waals surface area contributed by atoms with Crippen molar-refractivity contribution in [2.75, 3.05) is 0 Å². The van der Waals surface area contributed by atoms with E-state index in [1.807, 2.05) is 24.3 Å². The van der Waals surface area contributed by atoms with E-state index >= 15 is 0 Å². The van der Waals surface area contributed by atoms with Crippen LogP contribution in [-0.2, 0) is 6.54 Å². The Kier molecular flexibility index (Phi) is 4.56. The number of halogens is 2. The van der Waals surface area contributed by atoms with E-state index in [4.69, 9.17) is 11.6 Å². The molecule has 19 heavy (non-hydrogen) atoms. The minimum absolute atomic E-state index is 0.312. The first-order valence-corrected chi connectivity index (χ1v) is 6.71. The predicted octanol–water partition coefficient (Wildman–Crippen LogP) is 4.64. The third-order valence-corrected chi connectivity index (χ3v) is 3.08. The summed E-state index contributed by atoms with van der Waals surface area (Å²) in [6.45, 7) is 5.06. The van der Waals surface area contributed by atoms with E-state index in [-0.39, 0.29) is 5.82 Å². The molecule has 0 saturated heterocycles. The van der Waals surface area contributed by atoms with Crippen LogP contribution in [-0.4, -0.2) is 6.04 Å². The summed E-state index contributed by atoms with van der Waals surface area (Å²) in [6, 6.07) is 13.1. The average molecular weight is 278 g/mol. The summed E-state index contributed by atoms with van der Waals surface area (Å²) in [6.07, 6.45) is 0. The van der Waals surface area contributed by atoms with Gasteiger partial charge in [-0.2, -0.15) is 0 Å². The smallest absolute Gasteiger partial charge is 0.125 e. The fourth-order valence-electron chi connectivity index (χ4n) is 1.86. The van der Waals surface area contributed by atoms with E-state index in [1.54, 1.807) is 6.07 Å². The molecule has 0 saturated carbocycles. The topological polar surface area (TPSA) is 12.0 Å². The first kappa shape index (κ1) is 14.0. The van der Waals surface area contributed by atoms with Crippen LogP contribution in [0.5, 0.6) is 0 Å². The SMILES string of the molecule is CC(C)NCc1ccc(-c2cc(F)cc(Cl)c2)cc1. The van der Waals surface area contributed by atoms with Gasteiger partial charge in [-0.1, -0.05) is 49.7 Å². The van der Waals surface area contributed by atoms with Crippen LogP contribution in [0.4, 0.5) is 4.39 Å². The second-order valence-electron chi connectivity index (χ2n) is 4.89. The fraction of sp³-hybridized carbons (Fsp3) is 0.250. The zero-order valence-electron chi connectivity index (χ0n) is 11.1. The van der Waals surface area contributed by atoms with Crippen molar-refractivity contribution >= 4 is 11.6 Å². The lowest BCUT2D eigenvalue weighted by atomic mass is 10.0. The molecule has 2 aromatic carbocycles. The number of hydrogen-bond donors (Lipinski definition) is 1. The molecule has 0 aromatic heterocycles. The van der Waals surface area contributed by atoms with Crippen molar-refractivity contribution in [1.29, 1.82) is 0 Å². The van der Waals surface area contributed by atoms with Crippen molar-refractivity contribution in [2.45, 2.75) is 26.4 Å². The Labute approximate surface area is 118 Å². The molecule has 100 valence electrons. The van der Waals surface area contributed by atoms with E-state index in [0.29, 0.717) is 11.1 Å². The molecular weight excluding hydrogens is 261 g/mol. The van der Waals surface area contributed by atoms with E-state index in [0.717, 1.165) is 17.7 Å². The summed E-state index contributed by atoms with van der Waals surface area (Å²) in [5.41, 5.74) is 2.98. The second kappa shape index (κ2) is 6.18. The standard InChI is InChI=1S/C16H17ClFN/c1-11(2)19-10-12-3-5-13(6-4-12)14-7-15(17)9-16(18)8-14/h3-9,11,19H,10H2,1-2H3. The van der Waals surface area contributed by atoms with Gasteiger partial charge in [-0.15, -0.1) is 0 Å². The Morgan fingerprint density at radius 1 is 1.05 bits per heavy atom. The first-order chi connectivity index (χ1) is 9.04. The van der Waals surface area contributed by atoms with E-state index in [2.05, 4.69) is 19.2 Å². The van der Waals surface area contributed by atoms with Crippen molar-refractivity contribution in [3.05, 3.63) is 58.9 Å². The number of hydrogen-bond acceptors (Lipinski definition) is 1. The van der Waals surface area contributed by atoms with Crippen LogP contribution in [0.25, 0.3) is 11.1 Å². The lowest BCUT2D eigenvalue weighted by Crippen LogP contribution is -2.21. The van der Waals surface area contributed by atoms with Crippen molar-refractivity contribution in [2.24, 2.45) is 0 Å². The van der Waals surface area contributed by atoms with Crippen LogP contribution in [0.3, 0.4) is 0 Å². The first-order valence-electron chi connectivity index (χ1n) is 6.33. The molecule has 0 fully saturated rings. The van der Waals surface area contributed by atoms with Gasteiger partial charge in [0.1, 0.15) is 5.82 Å². The molecule has 0 bridgehead atoms. The average Bonchev–Trinajstić information content (AvgIpc) is 2.36. The minimum Gasteiger partial charge on any atom is -0.310 e. The highest BCUT2D eigenvalue weighted by Crippen LogP contribution is 2.24. The second-order valence-corrected chi connectivity index (χ2v) is 5.33. The van der Waals surface area contributed by atoms with Gasteiger partial charge < -0.3 is 5.32 Å². The molecule has 2 aromatic rings. The van der Waals surface area contributed by atoms with Gasteiger partial charge in [0.15, 0.2) is 0 Å². The highest BCUT2D eigenvalue weighted by atomic mass is 35.5. The molecule has 0 aliphatic heterocycles. The molecule has 0 aliphatic carbocycles. The third kappa shape index (κ3) is 4.05. The Morgan fingerprint density at radius 3 is 2.32 bits per heavy atom. The van der Waals surface area contributed by atoms with Gasteiger partial charge >= 0.3 is 0 Å². The number of rotatable bonds is 4. The Morgan fingerprint density at radius 2 is 1.74 bits per heavy atom. The molecule has 1 N–H and O–H groups in total. The quantitative estimate of drug-likeness (QED) is 0.858. The van der Waals surface area contributed by atoms with Crippen LogP contribution in [0.2, 0.25) is 5.02 Å². The maximum atomic E-state index is 13.3. The summed E-state index contributed by atoms with van der Waals surface area (Å²) >= 11 is 5.87. The molecule has 2 rings (SSSR count). The summed E-state index contributed by atoms with van der Waals surface area (Å²) in [4.78, 5) is 0. The van der Waals surface area contributed by atoms with Crippen LogP contribution < -0.4 is 5.32 Å². The van der Waals surface area contributed by atoms with Gasteiger partial charge in [-0.05, 0) is 34.9 Å². The molecule has 0 unspecified atom stereocenters. The summed E-state index contributed by atoms with van der Waals surface area (Å²) < 4.78 is 13.3. The summed E-state index contributed by atoms with van der Waals surface area (Å²) in [5.74, 6) is -0.312. The van der Waals surface area contributed by atoms with Gasteiger partial charge in [-0.25, -0.2) is 4.39 Å². The minimum atomic E-state index is -0.312. The van der Waals surface area contributed by atoms with Crippen LogP contribution in [0, 0.1) is 5.82 Å². The van der Waals surface area contributed by atoms with Gasteiger partial charge in [0.25, 0.3) is 0 Å². The van der Waals surface area contributed by atoms with E-state index in [9.17, 15) is 4.39 Å². The molecule has 0 spiro atoms. The molecule has 0 atom stereocenters. The molecule has 0 amide bonds. The van der Waals surface area contributed by atoms with Crippen molar-refractivity contribution in [1.82, 2.24) is 5.32 Å². The van der Waals surface area contributed by atoms with E-state index in [1.165, 1.54) is 17.7 Å². The zero-order valence-corrected chi connectivity index (χ0v) is 11.8. The number of benzene rings is 2. The maximum Gasteiger partial charge on any atom is 0.125 e. The molecule has 0 heterocycles. The monoisotopic (exact) mass is 277 g/mol. The Hall–Kier alpha value is -1.38. The fourth-order valence-corrected chi connectivity index (χ4v) is 2.08. The lowest BCUT2D eigenvalue weighted by Gasteiger charge is -2.09. The number of nitrogens with one attached hydrogen (secondary N) is 1. The zero-order chi connectivity index (χ0) is 13.8. The molecule has 3 heteroatoms. The maximum absolute atomic E-state index is 13.3. The van der Waals surface area contributed by atoms with Crippen molar-refractivity contribution in [3.8, 4) is 11.1 Å². The van der Waals surface area contributed by atoms with E-state index < -0.39 is 0 Å². The highest BCUT2D eigenvalue weighted by Gasteiger charge is 2.03. The van der Waals surface area contributed by atoms with Gasteiger partial charge in [0.05, 0.1) is 0 Å². The molecule has 1 nitrogen and oxygen atoms in total. The van der Waals surface area contributed by atoms with Gasteiger partial charge in [-0.3, -0.25) is 0 Å². The lowest BCUT2D eigenvalue weighted by molar-refractivity contribution is 0.589. The van der Waals surface area contributed by atoms with Crippen molar-refractivity contribution < 1.29 is 4.39 Å².